The molecule has 34 heavy (non-hydrogen) atoms. The largest absolute Gasteiger partial charge is 0.493 e. The Morgan fingerprint density at radius 2 is 2.00 bits per heavy atom. The van der Waals surface area contributed by atoms with Crippen LogP contribution in [0.15, 0.2) is 29.4 Å². The Balaban J connectivity index is 1.87. The summed E-state index contributed by atoms with van der Waals surface area (Å²) in [4.78, 5) is 19.6. The fourth-order valence-corrected chi connectivity index (χ4v) is 4.30. The molecule has 2 aromatic rings. The molecule has 2 aliphatic rings. The van der Waals surface area contributed by atoms with Gasteiger partial charge in [-0.2, -0.15) is 17.6 Å². The lowest BCUT2D eigenvalue weighted by atomic mass is 9.77. The molecule has 182 valence electrons. The number of carbonyl (C=O) groups excluding carboxylic acids is 1. The summed E-state index contributed by atoms with van der Waals surface area (Å²) in [6, 6.07) is 3.25. The quantitative estimate of drug-likeness (QED) is 0.656. The van der Waals surface area contributed by atoms with Crippen molar-refractivity contribution in [1.29, 1.82) is 0 Å². The molecule has 0 radical (unpaired) electrons. The van der Waals surface area contributed by atoms with Crippen LogP contribution >= 0.6 is 0 Å². The first kappa shape index (κ1) is 23.9. The van der Waals surface area contributed by atoms with Gasteiger partial charge in [-0.15, -0.1) is 0 Å². The monoisotopic (exact) mass is 485 g/mol. The van der Waals surface area contributed by atoms with Gasteiger partial charge in [-0.05, 0) is 19.1 Å². The van der Waals surface area contributed by atoms with Crippen LogP contribution in [0.4, 0.5) is 27.6 Å². The van der Waals surface area contributed by atoms with Gasteiger partial charge in [-0.25, -0.2) is 9.38 Å². The average molecular weight is 485 g/mol. The van der Waals surface area contributed by atoms with Crippen LogP contribution in [0.1, 0.15) is 41.4 Å². The van der Waals surface area contributed by atoms with Crippen LogP contribution < -0.4 is 10.5 Å². The molecule has 1 aromatic heterocycles. The first-order valence-corrected chi connectivity index (χ1v) is 10.2. The number of ether oxygens (including phenoxy) is 3. The Labute approximate surface area is 190 Å². The van der Waals surface area contributed by atoms with Crippen molar-refractivity contribution in [1.82, 2.24) is 4.98 Å². The summed E-state index contributed by atoms with van der Waals surface area (Å²) in [5.41, 5.74) is 3.15. The van der Waals surface area contributed by atoms with E-state index >= 15 is 0 Å². The van der Waals surface area contributed by atoms with Gasteiger partial charge in [-0.3, -0.25) is 9.78 Å². The molecule has 4 atom stereocenters. The lowest BCUT2D eigenvalue weighted by Gasteiger charge is -2.32. The van der Waals surface area contributed by atoms with Crippen molar-refractivity contribution in [2.75, 3.05) is 7.11 Å². The molecule has 1 saturated heterocycles. The molecule has 4 rings (SSSR count). The molecule has 0 bridgehead atoms. The van der Waals surface area contributed by atoms with Crippen LogP contribution in [0.2, 0.25) is 0 Å². The molecular formula is C22H20F5N3O4. The fourth-order valence-electron chi connectivity index (χ4n) is 4.30. The first-order valence-electron chi connectivity index (χ1n) is 10.2. The van der Waals surface area contributed by atoms with Gasteiger partial charge in [0.2, 0.25) is 11.7 Å². The van der Waals surface area contributed by atoms with E-state index in [0.29, 0.717) is 5.56 Å². The maximum atomic E-state index is 14.5. The maximum absolute atomic E-state index is 14.5. The van der Waals surface area contributed by atoms with E-state index in [4.69, 9.17) is 19.9 Å². The number of aliphatic imine (C=N–C) groups is 1. The highest BCUT2D eigenvalue weighted by molar-refractivity contribution is 5.93. The Hall–Kier alpha value is -3.28. The van der Waals surface area contributed by atoms with E-state index in [9.17, 15) is 26.7 Å². The number of hydrogen-bond donors (Lipinski definition) is 1. The topological polar surface area (TPSA) is 96.0 Å². The van der Waals surface area contributed by atoms with E-state index in [2.05, 4.69) is 9.98 Å². The summed E-state index contributed by atoms with van der Waals surface area (Å²) < 4.78 is 86.8. The Morgan fingerprint density at radius 1 is 1.29 bits per heavy atom. The number of nitrogens with two attached hydrogens (primary N) is 1. The van der Waals surface area contributed by atoms with Gasteiger partial charge in [0.15, 0.2) is 17.2 Å². The molecule has 12 heteroatoms. The van der Waals surface area contributed by atoms with Crippen LogP contribution in [0, 0.1) is 17.6 Å². The summed E-state index contributed by atoms with van der Waals surface area (Å²) in [5.74, 6) is -6.56. The number of amides is 1. The van der Waals surface area contributed by atoms with Crippen LogP contribution in [-0.2, 0) is 16.1 Å². The Morgan fingerprint density at radius 3 is 2.62 bits per heavy atom. The molecule has 2 N–H and O–H groups in total. The predicted molar refractivity (Wildman–Crippen MR) is 109 cm³/mol. The van der Waals surface area contributed by atoms with Gasteiger partial charge in [0.1, 0.15) is 18.4 Å². The Bertz CT molecular complexity index is 1190. The minimum absolute atomic E-state index is 0.0310. The van der Waals surface area contributed by atoms with E-state index < -0.39 is 53.0 Å². The summed E-state index contributed by atoms with van der Waals surface area (Å²) in [5, 5.41) is 0. The second-order valence-electron chi connectivity index (χ2n) is 8.24. The van der Waals surface area contributed by atoms with Crippen molar-refractivity contribution in [2.24, 2.45) is 16.6 Å². The number of halogens is 5. The summed E-state index contributed by atoms with van der Waals surface area (Å²) in [6.07, 6.45) is -4.91. The standard InChI is InChI=1S/C22H20F5N3O4/c1-9-15(11-4-5-12(23)16(24)17(11)32-3)18(34-21(9,2)22(25,26)27)20-30-13-6-14(19(28)31)29-7-10(13)8-33-20/h4-7,9,15,18H,8H2,1-3H3,(H2,28,31)/t9-,15-,18+,21+/m0/s1. The zero-order chi connectivity index (χ0) is 25.0. The highest BCUT2D eigenvalue weighted by Crippen LogP contribution is 2.55. The molecule has 0 saturated carbocycles. The van der Waals surface area contributed by atoms with Crippen molar-refractivity contribution in [3.63, 3.8) is 0 Å². The number of benzene rings is 1. The highest BCUT2D eigenvalue weighted by Gasteiger charge is 2.66. The Kier molecular flexibility index (Phi) is 5.75. The number of alkyl halides is 3. The molecule has 0 unspecified atom stereocenters. The third-order valence-corrected chi connectivity index (χ3v) is 6.38. The zero-order valence-corrected chi connectivity index (χ0v) is 18.2. The molecule has 0 aliphatic carbocycles. The third kappa shape index (κ3) is 3.65. The van der Waals surface area contributed by atoms with Gasteiger partial charge >= 0.3 is 6.18 Å². The lowest BCUT2D eigenvalue weighted by Crippen LogP contribution is -2.47. The second kappa shape index (κ2) is 8.19. The minimum Gasteiger partial charge on any atom is -0.493 e. The molecule has 1 fully saturated rings. The number of hydrogen-bond acceptors (Lipinski definition) is 6. The molecule has 0 spiro atoms. The highest BCUT2D eigenvalue weighted by atomic mass is 19.4. The smallest absolute Gasteiger partial charge is 0.417 e. The number of methoxy groups -OCH3 is 1. The number of rotatable bonds is 4. The molecule has 3 heterocycles. The van der Waals surface area contributed by atoms with Gasteiger partial charge < -0.3 is 19.9 Å². The zero-order valence-electron chi connectivity index (χ0n) is 18.2. The molecular weight excluding hydrogens is 465 g/mol. The molecule has 1 amide bonds. The van der Waals surface area contributed by atoms with Crippen molar-refractivity contribution >= 4 is 17.5 Å². The predicted octanol–water partition coefficient (Wildman–Crippen LogP) is 4.17. The van der Waals surface area contributed by atoms with Crippen molar-refractivity contribution < 1.29 is 41.0 Å². The van der Waals surface area contributed by atoms with Gasteiger partial charge in [0.25, 0.3) is 5.91 Å². The van der Waals surface area contributed by atoms with E-state index in [1.165, 1.54) is 19.2 Å². The SMILES string of the molecule is COc1c([C@H]2[C@H](C3=Nc4cc(C(N)=O)ncc4CO3)O[C@@](C)(C(F)(F)F)[C@H]2C)ccc(F)c1F. The van der Waals surface area contributed by atoms with Crippen molar-refractivity contribution in [2.45, 2.75) is 44.3 Å². The average Bonchev–Trinajstić information content (AvgIpc) is 3.06. The number of pyridine rings is 1. The van der Waals surface area contributed by atoms with Crippen molar-refractivity contribution in [3.8, 4) is 5.75 Å². The molecule has 2 aliphatic heterocycles. The van der Waals surface area contributed by atoms with E-state index in [0.717, 1.165) is 26.2 Å². The molecule has 1 aromatic carbocycles. The third-order valence-electron chi connectivity index (χ3n) is 6.38. The normalized spacial score (nSPS) is 26.5. The number of aromatic nitrogens is 1. The first-order chi connectivity index (χ1) is 15.9. The van der Waals surface area contributed by atoms with E-state index in [1.807, 2.05) is 0 Å². The molecule has 7 nitrogen and oxygen atoms in total. The van der Waals surface area contributed by atoms with Crippen LogP contribution in [0.25, 0.3) is 0 Å². The minimum atomic E-state index is -4.80. The van der Waals surface area contributed by atoms with E-state index in [1.54, 1.807) is 0 Å². The van der Waals surface area contributed by atoms with Gasteiger partial charge in [-0.1, -0.05) is 13.0 Å². The number of fused-ring (bicyclic) bond motifs is 1. The lowest BCUT2D eigenvalue weighted by molar-refractivity contribution is -0.270. The summed E-state index contributed by atoms with van der Waals surface area (Å²) in [7, 11) is 1.09. The number of carbonyl (C=O) groups is 1. The van der Waals surface area contributed by atoms with Crippen molar-refractivity contribution in [3.05, 3.63) is 52.9 Å². The van der Waals surface area contributed by atoms with Crippen LogP contribution in [0.3, 0.4) is 0 Å². The second-order valence-corrected chi connectivity index (χ2v) is 8.24. The summed E-state index contributed by atoms with van der Waals surface area (Å²) >= 11 is 0. The van der Waals surface area contributed by atoms with Crippen LogP contribution in [-0.4, -0.2) is 41.8 Å². The van der Waals surface area contributed by atoms with Gasteiger partial charge in [0.05, 0.1) is 12.8 Å². The number of primary amides is 1. The number of nitrogens with zero attached hydrogens (tertiary/aromatic N) is 2. The van der Waals surface area contributed by atoms with Gasteiger partial charge in [0, 0.05) is 29.2 Å². The van der Waals surface area contributed by atoms with Crippen LogP contribution in [0.5, 0.6) is 5.75 Å². The fraction of sp³-hybridized carbons (Fsp3) is 0.409. The maximum Gasteiger partial charge on any atom is 0.417 e. The van der Waals surface area contributed by atoms with E-state index in [-0.39, 0.29) is 29.4 Å². The summed E-state index contributed by atoms with van der Waals surface area (Å²) in [6.45, 7) is 2.06.